The summed E-state index contributed by atoms with van der Waals surface area (Å²) >= 11 is 0. The molecule has 4 rings (SSSR count). The summed E-state index contributed by atoms with van der Waals surface area (Å²) in [4.78, 5) is 40.4. The van der Waals surface area contributed by atoms with Gasteiger partial charge in [-0.05, 0) is 57.0 Å². The van der Waals surface area contributed by atoms with Crippen LogP contribution in [0.15, 0.2) is 42.5 Å². The van der Waals surface area contributed by atoms with Gasteiger partial charge in [0.05, 0.1) is 23.6 Å². The smallest absolute Gasteiger partial charge is 0.306 e. The maximum Gasteiger partial charge on any atom is 0.306 e. The number of hydrogen-bond acceptors (Lipinski definition) is 8. The SMILES string of the molecule is COc1ccc(NC(=O)C(C)OC(=O)CCc2c(C)nc3c4ccccc4nn3c2C)c([N+](=O)[O-])c1. The summed E-state index contributed by atoms with van der Waals surface area (Å²) in [5, 5.41) is 19.3. The Morgan fingerprint density at radius 1 is 1.19 bits per heavy atom. The number of carbonyl (C=O) groups excluding carboxylic acids is 2. The van der Waals surface area contributed by atoms with Crippen molar-refractivity contribution >= 4 is 39.8 Å². The third-order valence-electron chi connectivity index (χ3n) is 5.93. The Morgan fingerprint density at radius 3 is 2.67 bits per heavy atom. The Hall–Kier alpha value is -4.54. The van der Waals surface area contributed by atoms with E-state index in [0.29, 0.717) is 6.42 Å². The molecular formula is C25H25N5O6. The van der Waals surface area contributed by atoms with Crippen molar-refractivity contribution in [2.45, 2.75) is 39.7 Å². The van der Waals surface area contributed by atoms with Crippen LogP contribution in [0.1, 0.15) is 30.3 Å². The number of aromatic nitrogens is 3. The van der Waals surface area contributed by atoms with Crippen LogP contribution in [0.2, 0.25) is 0 Å². The summed E-state index contributed by atoms with van der Waals surface area (Å²) in [7, 11) is 1.38. The first-order chi connectivity index (χ1) is 17.2. The van der Waals surface area contributed by atoms with Gasteiger partial charge in [-0.1, -0.05) is 12.1 Å². The number of amides is 1. The van der Waals surface area contributed by atoms with Crippen LogP contribution < -0.4 is 10.1 Å². The van der Waals surface area contributed by atoms with Gasteiger partial charge in [0, 0.05) is 23.2 Å². The molecule has 0 bridgehead atoms. The number of esters is 1. The van der Waals surface area contributed by atoms with Gasteiger partial charge in [-0.25, -0.2) is 9.50 Å². The lowest BCUT2D eigenvalue weighted by molar-refractivity contribution is -0.384. The molecule has 186 valence electrons. The molecule has 1 atom stereocenters. The van der Waals surface area contributed by atoms with Crippen LogP contribution in [0.25, 0.3) is 16.6 Å². The zero-order chi connectivity index (χ0) is 26.0. The Morgan fingerprint density at radius 2 is 1.94 bits per heavy atom. The summed E-state index contributed by atoms with van der Waals surface area (Å²) in [6.45, 7) is 5.21. The molecular weight excluding hydrogens is 466 g/mol. The second-order valence-corrected chi connectivity index (χ2v) is 8.28. The number of nitro groups is 1. The number of carbonyl (C=O) groups is 2. The van der Waals surface area contributed by atoms with Crippen molar-refractivity contribution < 1.29 is 24.0 Å². The van der Waals surface area contributed by atoms with Gasteiger partial charge in [0.25, 0.3) is 11.6 Å². The standard InChI is InChI=1S/C25H25N5O6/c1-14-18(15(2)29-24(26-14)19-7-5-6-8-20(19)28-29)10-12-23(31)36-16(3)25(32)27-21-11-9-17(35-4)13-22(21)30(33)34/h5-9,11,13,16H,10,12H2,1-4H3,(H,27,32). The van der Waals surface area contributed by atoms with E-state index >= 15 is 0 Å². The van der Waals surface area contributed by atoms with Gasteiger partial charge in [0.1, 0.15) is 11.4 Å². The lowest BCUT2D eigenvalue weighted by Crippen LogP contribution is -2.30. The minimum atomic E-state index is -1.15. The number of ether oxygens (including phenoxy) is 2. The van der Waals surface area contributed by atoms with Gasteiger partial charge in [0.2, 0.25) is 0 Å². The fourth-order valence-electron chi connectivity index (χ4n) is 4.00. The molecule has 11 nitrogen and oxygen atoms in total. The summed E-state index contributed by atoms with van der Waals surface area (Å²) in [5.41, 5.74) is 3.77. The van der Waals surface area contributed by atoms with Gasteiger partial charge in [-0.15, -0.1) is 0 Å². The fourth-order valence-corrected chi connectivity index (χ4v) is 4.00. The van der Waals surface area contributed by atoms with Gasteiger partial charge in [0.15, 0.2) is 11.8 Å². The molecule has 4 aromatic rings. The van der Waals surface area contributed by atoms with Crippen molar-refractivity contribution in [3.05, 3.63) is 69.5 Å². The molecule has 0 spiro atoms. The maximum atomic E-state index is 12.5. The van der Waals surface area contributed by atoms with Crippen LogP contribution in [0, 0.1) is 24.0 Å². The van der Waals surface area contributed by atoms with Gasteiger partial charge in [-0.3, -0.25) is 19.7 Å². The minimum absolute atomic E-state index is 0.0223. The maximum absolute atomic E-state index is 12.5. The van der Waals surface area contributed by atoms with Crippen LogP contribution >= 0.6 is 0 Å². The van der Waals surface area contributed by atoms with Crippen LogP contribution in [0.4, 0.5) is 11.4 Å². The Labute approximate surface area is 206 Å². The van der Waals surface area contributed by atoms with Gasteiger partial charge in [-0.2, -0.15) is 5.10 Å². The first kappa shape index (κ1) is 24.6. The summed E-state index contributed by atoms with van der Waals surface area (Å²) < 4.78 is 12.0. The first-order valence-electron chi connectivity index (χ1n) is 11.3. The van der Waals surface area contributed by atoms with Crippen molar-refractivity contribution in [1.82, 2.24) is 14.6 Å². The van der Waals surface area contributed by atoms with E-state index in [2.05, 4.69) is 10.4 Å². The van der Waals surface area contributed by atoms with E-state index < -0.39 is 22.9 Å². The zero-order valence-corrected chi connectivity index (χ0v) is 20.3. The molecule has 0 aliphatic heterocycles. The molecule has 1 amide bonds. The second kappa shape index (κ2) is 9.98. The predicted octanol–water partition coefficient (Wildman–Crippen LogP) is 3.92. The number of anilines is 1. The van der Waals surface area contributed by atoms with Gasteiger partial charge < -0.3 is 14.8 Å². The predicted molar refractivity (Wildman–Crippen MR) is 132 cm³/mol. The van der Waals surface area contributed by atoms with E-state index in [1.54, 1.807) is 4.52 Å². The second-order valence-electron chi connectivity index (χ2n) is 8.28. The van der Waals surface area contributed by atoms with Crippen molar-refractivity contribution in [2.24, 2.45) is 0 Å². The molecule has 2 aromatic carbocycles. The molecule has 0 radical (unpaired) electrons. The first-order valence-corrected chi connectivity index (χ1v) is 11.3. The number of aryl methyl sites for hydroxylation is 2. The van der Waals surface area contributed by atoms with Crippen molar-refractivity contribution in [3.8, 4) is 5.75 Å². The van der Waals surface area contributed by atoms with E-state index in [1.807, 2.05) is 38.1 Å². The largest absolute Gasteiger partial charge is 0.496 e. The molecule has 36 heavy (non-hydrogen) atoms. The molecule has 1 N–H and O–H groups in total. The van der Waals surface area contributed by atoms with E-state index in [1.165, 1.54) is 32.2 Å². The highest BCUT2D eigenvalue weighted by Crippen LogP contribution is 2.29. The average Bonchev–Trinajstić information content (AvgIpc) is 3.22. The Balaban J connectivity index is 1.42. The average molecular weight is 492 g/mol. The highest BCUT2D eigenvalue weighted by Gasteiger charge is 2.23. The monoisotopic (exact) mass is 491 g/mol. The summed E-state index contributed by atoms with van der Waals surface area (Å²) in [6.07, 6.45) is -0.775. The number of nitrogens with one attached hydrogen (secondary N) is 1. The van der Waals surface area contributed by atoms with E-state index in [9.17, 15) is 19.7 Å². The van der Waals surface area contributed by atoms with Crippen LogP contribution in [0.5, 0.6) is 5.75 Å². The lowest BCUT2D eigenvalue weighted by atomic mass is 10.1. The zero-order valence-electron chi connectivity index (χ0n) is 20.3. The van der Waals surface area contributed by atoms with E-state index in [0.717, 1.165) is 33.5 Å². The third kappa shape index (κ3) is 4.81. The lowest BCUT2D eigenvalue weighted by Gasteiger charge is -2.15. The number of hydrogen-bond donors (Lipinski definition) is 1. The normalized spacial score (nSPS) is 11.9. The molecule has 0 saturated carbocycles. The van der Waals surface area contributed by atoms with Crippen molar-refractivity contribution in [1.29, 1.82) is 0 Å². The summed E-state index contributed by atoms with van der Waals surface area (Å²) in [6, 6.07) is 11.8. The molecule has 2 aromatic heterocycles. The van der Waals surface area contributed by atoms with Crippen molar-refractivity contribution in [3.63, 3.8) is 0 Å². The van der Waals surface area contributed by atoms with Crippen LogP contribution in [-0.4, -0.2) is 44.6 Å². The number of rotatable bonds is 8. The topological polar surface area (TPSA) is 138 Å². The fraction of sp³-hybridized carbons (Fsp3) is 0.280. The van der Waals surface area contributed by atoms with Crippen LogP contribution in [0.3, 0.4) is 0 Å². The number of benzene rings is 2. The van der Waals surface area contributed by atoms with Crippen molar-refractivity contribution in [2.75, 3.05) is 12.4 Å². The number of nitro benzene ring substituents is 1. The molecule has 0 aliphatic rings. The molecule has 11 heteroatoms. The Bertz CT molecular complexity index is 1500. The molecule has 0 fully saturated rings. The molecule has 1 unspecified atom stereocenters. The minimum Gasteiger partial charge on any atom is -0.496 e. The van der Waals surface area contributed by atoms with Gasteiger partial charge >= 0.3 is 5.97 Å². The molecule has 0 aliphatic carbocycles. The quantitative estimate of drug-likeness (QED) is 0.222. The van der Waals surface area contributed by atoms with E-state index in [-0.39, 0.29) is 23.5 Å². The number of fused-ring (bicyclic) bond motifs is 3. The molecule has 0 saturated heterocycles. The molecule has 2 heterocycles. The highest BCUT2D eigenvalue weighted by molar-refractivity contribution is 5.97. The third-order valence-corrected chi connectivity index (χ3v) is 5.93. The highest BCUT2D eigenvalue weighted by atomic mass is 16.6. The number of methoxy groups -OCH3 is 1. The summed E-state index contributed by atoms with van der Waals surface area (Å²) in [5.74, 6) is -0.984. The Kier molecular flexibility index (Phi) is 6.82. The van der Waals surface area contributed by atoms with Crippen LogP contribution in [-0.2, 0) is 20.7 Å². The van der Waals surface area contributed by atoms with E-state index in [4.69, 9.17) is 14.5 Å². The number of nitrogens with zero attached hydrogens (tertiary/aromatic N) is 4.